The molecule has 0 atom stereocenters. The molecule has 0 spiro atoms. The number of carbonyl (C=O) groups is 1. The molecule has 0 aromatic heterocycles. The van der Waals surface area contributed by atoms with E-state index in [4.69, 9.17) is 16.3 Å². The Labute approximate surface area is 137 Å². The maximum Gasteiger partial charge on any atom is 0.262 e. The number of benzene rings is 2. The Bertz CT molecular complexity index is 646. The van der Waals surface area contributed by atoms with E-state index in [9.17, 15) is 4.79 Å². The Morgan fingerprint density at radius 2 is 2.05 bits per heavy atom. The van der Waals surface area contributed by atoms with Crippen LogP contribution in [0, 0.1) is 0 Å². The van der Waals surface area contributed by atoms with Gasteiger partial charge in [-0.2, -0.15) is 0 Å². The Hall–Kier alpha value is -1.52. The van der Waals surface area contributed by atoms with Gasteiger partial charge < -0.3 is 10.1 Å². The number of nitrogens with one attached hydrogen (secondary N) is 1. The Morgan fingerprint density at radius 3 is 2.76 bits per heavy atom. The summed E-state index contributed by atoms with van der Waals surface area (Å²) in [6, 6.07) is 13.0. The van der Waals surface area contributed by atoms with Gasteiger partial charge in [-0.25, -0.2) is 0 Å². The second-order valence-corrected chi connectivity index (χ2v) is 5.75. The van der Waals surface area contributed by atoms with Gasteiger partial charge in [0.2, 0.25) is 0 Å². The number of para-hydroxylation sites is 1. The van der Waals surface area contributed by atoms with Crippen LogP contribution in [-0.4, -0.2) is 12.5 Å². The molecular weight excluding hydrogens is 354 g/mol. The molecule has 0 radical (unpaired) electrons. The van der Waals surface area contributed by atoms with Crippen LogP contribution in [0.2, 0.25) is 5.02 Å². The van der Waals surface area contributed by atoms with Crippen molar-refractivity contribution in [3.05, 3.63) is 57.5 Å². The standard InChI is InChI=1S/C16H15BrClNO2/c1-2-11-5-3-4-6-15(11)21-10-16(20)19-14-8-7-12(17)9-13(14)18/h3-9H,2,10H2,1H3,(H,19,20). The molecule has 2 aromatic carbocycles. The first-order valence-electron chi connectivity index (χ1n) is 6.55. The van der Waals surface area contributed by atoms with Crippen LogP contribution in [0.3, 0.4) is 0 Å². The lowest BCUT2D eigenvalue weighted by atomic mass is 10.1. The predicted octanol–water partition coefficient (Wildman–Crippen LogP) is 4.68. The predicted molar refractivity (Wildman–Crippen MR) is 89.1 cm³/mol. The molecule has 1 N–H and O–H groups in total. The lowest BCUT2D eigenvalue weighted by molar-refractivity contribution is -0.118. The molecule has 2 rings (SSSR count). The number of hydrogen-bond acceptors (Lipinski definition) is 2. The first kappa shape index (κ1) is 15.9. The second kappa shape index (κ2) is 7.48. The van der Waals surface area contributed by atoms with Gasteiger partial charge in [0.25, 0.3) is 5.91 Å². The molecule has 0 aliphatic heterocycles. The van der Waals surface area contributed by atoms with E-state index in [1.807, 2.05) is 37.3 Å². The average molecular weight is 369 g/mol. The van der Waals surface area contributed by atoms with Crippen molar-refractivity contribution in [3.8, 4) is 5.75 Å². The summed E-state index contributed by atoms with van der Waals surface area (Å²) in [5, 5.41) is 3.21. The molecule has 5 heteroatoms. The molecule has 0 bridgehead atoms. The zero-order valence-corrected chi connectivity index (χ0v) is 13.9. The highest BCUT2D eigenvalue weighted by Gasteiger charge is 2.08. The number of carbonyl (C=O) groups excluding carboxylic acids is 1. The summed E-state index contributed by atoms with van der Waals surface area (Å²) in [5.74, 6) is 0.488. The third-order valence-corrected chi connectivity index (χ3v) is 3.72. The van der Waals surface area contributed by atoms with E-state index in [1.54, 1.807) is 12.1 Å². The number of ether oxygens (including phenoxy) is 1. The third kappa shape index (κ3) is 4.48. The summed E-state index contributed by atoms with van der Waals surface area (Å²) in [6.07, 6.45) is 0.857. The highest BCUT2D eigenvalue weighted by atomic mass is 79.9. The van der Waals surface area contributed by atoms with Gasteiger partial charge >= 0.3 is 0 Å². The molecule has 0 aliphatic carbocycles. The van der Waals surface area contributed by atoms with Crippen molar-refractivity contribution in [2.45, 2.75) is 13.3 Å². The highest BCUT2D eigenvalue weighted by molar-refractivity contribution is 9.10. The van der Waals surface area contributed by atoms with Crippen LogP contribution in [0.15, 0.2) is 46.9 Å². The summed E-state index contributed by atoms with van der Waals surface area (Å²) in [5.41, 5.74) is 1.64. The molecule has 0 fully saturated rings. The van der Waals surface area contributed by atoms with Gasteiger partial charge in [-0.3, -0.25) is 4.79 Å². The maximum atomic E-state index is 11.9. The van der Waals surface area contributed by atoms with Crippen LogP contribution in [0.1, 0.15) is 12.5 Å². The van der Waals surface area contributed by atoms with E-state index in [-0.39, 0.29) is 12.5 Å². The van der Waals surface area contributed by atoms with Gasteiger partial charge in [-0.15, -0.1) is 0 Å². The number of hydrogen-bond donors (Lipinski definition) is 1. The van der Waals surface area contributed by atoms with Crippen molar-refractivity contribution in [1.29, 1.82) is 0 Å². The van der Waals surface area contributed by atoms with Gasteiger partial charge in [0.1, 0.15) is 5.75 Å². The molecule has 21 heavy (non-hydrogen) atoms. The quantitative estimate of drug-likeness (QED) is 0.832. The van der Waals surface area contributed by atoms with Crippen molar-refractivity contribution in [1.82, 2.24) is 0 Å². The molecule has 1 amide bonds. The fourth-order valence-corrected chi connectivity index (χ4v) is 2.58. The minimum absolute atomic E-state index is 0.0522. The summed E-state index contributed by atoms with van der Waals surface area (Å²) >= 11 is 9.37. The van der Waals surface area contributed by atoms with E-state index in [1.165, 1.54) is 0 Å². The molecular formula is C16H15BrClNO2. The van der Waals surface area contributed by atoms with Crippen LogP contribution >= 0.6 is 27.5 Å². The van der Waals surface area contributed by atoms with Crippen molar-refractivity contribution in [3.63, 3.8) is 0 Å². The van der Waals surface area contributed by atoms with Crippen molar-refractivity contribution in [2.24, 2.45) is 0 Å². The van der Waals surface area contributed by atoms with Crippen LogP contribution in [-0.2, 0) is 11.2 Å². The summed E-state index contributed by atoms with van der Waals surface area (Å²) in [4.78, 5) is 11.9. The number of anilines is 1. The first-order valence-corrected chi connectivity index (χ1v) is 7.73. The first-order chi connectivity index (χ1) is 10.1. The molecule has 0 aliphatic rings. The molecule has 0 unspecified atom stereocenters. The molecule has 0 heterocycles. The van der Waals surface area contributed by atoms with Crippen LogP contribution < -0.4 is 10.1 Å². The largest absolute Gasteiger partial charge is 0.483 e. The topological polar surface area (TPSA) is 38.3 Å². The zero-order valence-electron chi connectivity index (χ0n) is 11.5. The average Bonchev–Trinajstić information content (AvgIpc) is 2.48. The van der Waals surface area contributed by atoms with Crippen molar-refractivity contribution < 1.29 is 9.53 Å². The number of rotatable bonds is 5. The SMILES string of the molecule is CCc1ccccc1OCC(=O)Nc1ccc(Br)cc1Cl. The van der Waals surface area contributed by atoms with E-state index in [0.29, 0.717) is 10.7 Å². The fourth-order valence-electron chi connectivity index (χ4n) is 1.86. The number of halogens is 2. The Morgan fingerprint density at radius 1 is 1.29 bits per heavy atom. The van der Waals surface area contributed by atoms with Gasteiger partial charge in [-0.1, -0.05) is 52.7 Å². The summed E-state index contributed by atoms with van der Waals surface area (Å²) < 4.78 is 6.42. The van der Waals surface area contributed by atoms with Crippen LogP contribution in [0.5, 0.6) is 5.75 Å². The molecule has 3 nitrogen and oxygen atoms in total. The Balaban J connectivity index is 1.96. The van der Waals surface area contributed by atoms with E-state index < -0.39 is 0 Å². The van der Waals surface area contributed by atoms with Crippen LogP contribution in [0.25, 0.3) is 0 Å². The fraction of sp³-hybridized carbons (Fsp3) is 0.188. The normalized spacial score (nSPS) is 10.2. The van der Waals surface area contributed by atoms with Gasteiger partial charge in [-0.05, 0) is 36.2 Å². The Kier molecular flexibility index (Phi) is 5.65. The van der Waals surface area contributed by atoms with E-state index >= 15 is 0 Å². The smallest absolute Gasteiger partial charge is 0.262 e. The number of aryl methyl sites for hydroxylation is 1. The third-order valence-electron chi connectivity index (χ3n) is 2.92. The van der Waals surface area contributed by atoms with Gasteiger partial charge in [0.05, 0.1) is 10.7 Å². The van der Waals surface area contributed by atoms with Crippen molar-refractivity contribution in [2.75, 3.05) is 11.9 Å². The molecule has 2 aromatic rings. The van der Waals surface area contributed by atoms with E-state index in [0.717, 1.165) is 22.2 Å². The molecule has 0 saturated carbocycles. The number of amides is 1. The maximum absolute atomic E-state index is 11.9. The lowest BCUT2D eigenvalue weighted by Crippen LogP contribution is -2.20. The second-order valence-electron chi connectivity index (χ2n) is 4.42. The minimum Gasteiger partial charge on any atom is -0.483 e. The molecule has 110 valence electrons. The minimum atomic E-state index is -0.245. The van der Waals surface area contributed by atoms with Crippen LogP contribution in [0.4, 0.5) is 5.69 Å². The summed E-state index contributed by atoms with van der Waals surface area (Å²) in [6.45, 7) is 1.99. The van der Waals surface area contributed by atoms with E-state index in [2.05, 4.69) is 21.2 Å². The van der Waals surface area contributed by atoms with Crippen molar-refractivity contribution >= 4 is 39.1 Å². The summed E-state index contributed by atoms with van der Waals surface area (Å²) in [7, 11) is 0. The lowest BCUT2D eigenvalue weighted by Gasteiger charge is -2.11. The molecule has 0 saturated heterocycles. The van der Waals surface area contributed by atoms with Gasteiger partial charge in [0.15, 0.2) is 6.61 Å². The monoisotopic (exact) mass is 367 g/mol. The zero-order chi connectivity index (χ0) is 15.2. The van der Waals surface area contributed by atoms with Gasteiger partial charge in [0, 0.05) is 4.47 Å². The highest BCUT2D eigenvalue weighted by Crippen LogP contribution is 2.25.